The summed E-state index contributed by atoms with van der Waals surface area (Å²) in [7, 11) is 1.34. The molecule has 1 fully saturated rings. The lowest BCUT2D eigenvalue weighted by Crippen LogP contribution is -2.73. The van der Waals surface area contributed by atoms with Crippen LogP contribution in [0, 0.1) is 0 Å². The summed E-state index contributed by atoms with van der Waals surface area (Å²) in [6, 6.07) is 47.7. The highest BCUT2D eigenvalue weighted by Crippen LogP contribution is 2.45. The van der Waals surface area contributed by atoms with Crippen LogP contribution in [0.5, 0.6) is 0 Å². The fraction of sp³-hybridized carbons (Fsp3) is 0.152. The number of anilines is 1. The number of benzene rings is 5. The molecule has 2 N–H and O–H groups in total. The minimum atomic E-state index is -0.949. The Bertz CT molecular complexity index is 2370. The first kappa shape index (κ1) is 40.9. The second-order valence-corrected chi connectivity index (χ2v) is 17.4. The van der Waals surface area contributed by atoms with E-state index in [1.807, 2.05) is 115 Å². The molecule has 1 aromatic heterocycles. The highest BCUT2D eigenvalue weighted by molar-refractivity contribution is 8.22. The molecule has 2 aliphatic rings. The Morgan fingerprint density at radius 1 is 0.850 bits per heavy atom. The van der Waals surface area contributed by atoms with Crippen LogP contribution in [0.2, 0.25) is 0 Å². The van der Waals surface area contributed by atoms with Crippen molar-refractivity contribution in [2.75, 3.05) is 23.4 Å². The third kappa shape index (κ3) is 8.18. The first-order valence-corrected chi connectivity index (χ1v) is 22.3. The van der Waals surface area contributed by atoms with Gasteiger partial charge in [0, 0.05) is 11.1 Å². The molecular formula is C46H38ClN5O5S3. The summed E-state index contributed by atoms with van der Waals surface area (Å²) in [4.78, 5) is 53.7. The van der Waals surface area contributed by atoms with Crippen molar-refractivity contribution < 1.29 is 24.0 Å². The van der Waals surface area contributed by atoms with Gasteiger partial charge < -0.3 is 20.2 Å². The molecule has 2 atom stereocenters. The van der Waals surface area contributed by atoms with Crippen molar-refractivity contribution >= 4 is 75.1 Å². The van der Waals surface area contributed by atoms with E-state index in [2.05, 4.69) is 52.2 Å². The highest BCUT2D eigenvalue weighted by Gasteiger charge is 2.55. The van der Waals surface area contributed by atoms with Gasteiger partial charge in [-0.05, 0) is 27.8 Å². The van der Waals surface area contributed by atoms with Crippen LogP contribution in [-0.2, 0) is 29.5 Å². The van der Waals surface area contributed by atoms with E-state index in [1.165, 1.54) is 46.9 Å². The average Bonchev–Trinajstić information content (AvgIpc) is 3.77. The summed E-state index contributed by atoms with van der Waals surface area (Å²) in [5.74, 6) is -1.37. The van der Waals surface area contributed by atoms with Gasteiger partial charge >= 0.3 is 5.97 Å². The summed E-state index contributed by atoms with van der Waals surface area (Å²) < 4.78 is 6.78. The molecule has 0 aliphatic carbocycles. The fourth-order valence-electron chi connectivity index (χ4n) is 7.45. The number of alkyl halides is 1. The number of oxime groups is 1. The van der Waals surface area contributed by atoms with Crippen LogP contribution < -0.4 is 10.6 Å². The number of fused-ring (bicyclic) bond motifs is 1. The van der Waals surface area contributed by atoms with Crippen LogP contribution in [0.3, 0.4) is 0 Å². The SMILES string of the molecule is CON=C(C(=O)NC1C(=O)N2C(C(=O)OC(c3ccccc3)c3ccccc3)=C(SCCl)SCC12)c1csc(NC(c2ccccc2)(c2ccccc2)c2ccccc2)n1. The normalized spacial score (nSPS) is 16.5. The molecule has 14 heteroatoms. The van der Waals surface area contributed by atoms with Gasteiger partial charge in [-0.2, -0.15) is 0 Å². The Morgan fingerprint density at radius 2 is 1.37 bits per heavy atom. The number of hydrogen-bond donors (Lipinski definition) is 2. The number of esters is 1. The van der Waals surface area contributed by atoms with Gasteiger partial charge in [-0.25, -0.2) is 9.78 Å². The number of hydrogen-bond acceptors (Lipinski definition) is 11. The number of β-lactam (4-membered cyclic amide) rings is 1. The molecule has 6 aromatic rings. The zero-order valence-corrected chi connectivity index (χ0v) is 35.3. The number of carbonyl (C=O) groups excluding carboxylic acids is 3. The molecule has 8 rings (SSSR count). The first-order chi connectivity index (χ1) is 29.4. The first-order valence-electron chi connectivity index (χ1n) is 19.0. The number of nitrogens with zero attached hydrogens (tertiary/aromatic N) is 3. The standard InChI is InChI=1S/C46H38ClN5O5S3/c1-56-51-37(35-27-59-45(48-35)50-46(32-21-11-4-12-22-32,33-23-13-5-14-24-33)34-25-15-6-16-26-34)41(53)49-38-36-28-58-44(60-29-47)39(52(36)42(38)54)43(55)57-40(30-17-7-2-8-18-30)31-19-9-3-10-20-31/h2-27,36,38,40H,28-29H2,1H3,(H,48,50)(H,49,53). The quantitative estimate of drug-likeness (QED) is 0.0261. The number of thiazole rings is 1. The molecule has 0 radical (unpaired) electrons. The Morgan fingerprint density at radius 3 is 1.87 bits per heavy atom. The van der Waals surface area contributed by atoms with Crippen LogP contribution in [0.25, 0.3) is 0 Å². The van der Waals surface area contributed by atoms with Crippen molar-refractivity contribution in [1.29, 1.82) is 0 Å². The number of amides is 2. The van der Waals surface area contributed by atoms with Crippen molar-refractivity contribution in [2.45, 2.75) is 23.7 Å². The van der Waals surface area contributed by atoms with Crippen molar-refractivity contribution in [2.24, 2.45) is 5.16 Å². The van der Waals surface area contributed by atoms with Gasteiger partial charge in [0.05, 0.1) is 15.5 Å². The Hall–Kier alpha value is -5.86. The van der Waals surface area contributed by atoms with E-state index < -0.39 is 41.5 Å². The van der Waals surface area contributed by atoms with Gasteiger partial charge in [0.15, 0.2) is 22.6 Å². The number of thioether (sulfide) groups is 2. The van der Waals surface area contributed by atoms with E-state index in [-0.39, 0.29) is 22.3 Å². The molecule has 5 aromatic carbocycles. The summed E-state index contributed by atoms with van der Waals surface area (Å²) in [6.45, 7) is 0. The van der Waals surface area contributed by atoms with E-state index >= 15 is 0 Å². The fourth-order valence-corrected chi connectivity index (χ4v) is 10.8. The van der Waals surface area contributed by atoms with E-state index in [0.29, 0.717) is 15.1 Å². The van der Waals surface area contributed by atoms with Crippen molar-refractivity contribution in [3.8, 4) is 0 Å². The van der Waals surface area contributed by atoms with Crippen molar-refractivity contribution in [3.63, 3.8) is 0 Å². The third-order valence-electron chi connectivity index (χ3n) is 10.2. The summed E-state index contributed by atoms with van der Waals surface area (Å²) in [6.07, 6.45) is -0.726. The van der Waals surface area contributed by atoms with Gasteiger partial charge in [-0.1, -0.05) is 157 Å². The maximum absolute atomic E-state index is 14.2. The lowest BCUT2D eigenvalue weighted by molar-refractivity contribution is -0.156. The molecule has 0 spiro atoms. The van der Waals surface area contributed by atoms with Crippen molar-refractivity contribution in [3.05, 3.63) is 200 Å². The molecule has 302 valence electrons. The molecule has 0 bridgehead atoms. The Kier molecular flexibility index (Phi) is 12.7. The maximum atomic E-state index is 14.2. The highest BCUT2D eigenvalue weighted by atomic mass is 35.5. The van der Waals surface area contributed by atoms with Crippen LogP contribution in [0.1, 0.15) is 39.6 Å². The minimum absolute atomic E-state index is 0.106. The average molecular weight is 872 g/mol. The van der Waals surface area contributed by atoms with Crippen LogP contribution in [0.15, 0.2) is 172 Å². The molecule has 2 aliphatic heterocycles. The van der Waals surface area contributed by atoms with Gasteiger partial charge in [-0.3, -0.25) is 14.5 Å². The van der Waals surface area contributed by atoms with Gasteiger partial charge in [0.1, 0.15) is 24.4 Å². The van der Waals surface area contributed by atoms with E-state index in [1.54, 1.807) is 5.38 Å². The maximum Gasteiger partial charge on any atom is 0.357 e. The Labute approximate surface area is 365 Å². The number of rotatable bonds is 15. The predicted octanol–water partition coefficient (Wildman–Crippen LogP) is 8.77. The van der Waals surface area contributed by atoms with Gasteiger partial charge in [-0.15, -0.1) is 46.5 Å². The molecule has 0 saturated carbocycles. The predicted molar refractivity (Wildman–Crippen MR) is 240 cm³/mol. The lowest BCUT2D eigenvalue weighted by atomic mass is 9.77. The topological polar surface area (TPSA) is 122 Å². The monoisotopic (exact) mass is 871 g/mol. The Balaban J connectivity index is 1.04. The van der Waals surface area contributed by atoms with Crippen LogP contribution in [0.4, 0.5) is 5.13 Å². The van der Waals surface area contributed by atoms with E-state index in [0.717, 1.165) is 27.8 Å². The summed E-state index contributed by atoms with van der Waals surface area (Å²) in [5, 5.41) is 13.1. The molecule has 60 heavy (non-hydrogen) atoms. The zero-order valence-electron chi connectivity index (χ0n) is 32.1. The second kappa shape index (κ2) is 18.6. The number of aromatic nitrogens is 1. The second-order valence-electron chi connectivity index (χ2n) is 13.7. The smallest absolute Gasteiger partial charge is 0.357 e. The molecule has 10 nitrogen and oxygen atoms in total. The molecule has 1 saturated heterocycles. The van der Waals surface area contributed by atoms with Crippen LogP contribution in [-0.4, -0.2) is 63.5 Å². The molecular weight excluding hydrogens is 834 g/mol. The third-order valence-corrected chi connectivity index (χ3v) is 13.5. The lowest BCUT2D eigenvalue weighted by Gasteiger charge is -2.49. The van der Waals surface area contributed by atoms with E-state index in [9.17, 15) is 14.4 Å². The molecule has 3 heterocycles. The number of carbonyl (C=O) groups is 3. The van der Waals surface area contributed by atoms with Gasteiger partial charge in [0.2, 0.25) is 0 Å². The van der Waals surface area contributed by atoms with Crippen LogP contribution >= 0.6 is 46.5 Å². The minimum Gasteiger partial charge on any atom is -0.448 e. The molecule has 2 amide bonds. The zero-order chi connectivity index (χ0) is 41.5. The largest absolute Gasteiger partial charge is 0.448 e. The van der Waals surface area contributed by atoms with E-state index in [4.69, 9.17) is 26.2 Å². The summed E-state index contributed by atoms with van der Waals surface area (Å²) in [5.41, 5.74) is 3.92. The molecule has 2 unspecified atom stereocenters. The van der Waals surface area contributed by atoms with Gasteiger partial charge in [0.25, 0.3) is 11.8 Å². The summed E-state index contributed by atoms with van der Waals surface area (Å²) >= 11 is 10.1. The van der Waals surface area contributed by atoms with Crippen molar-refractivity contribution in [1.82, 2.24) is 15.2 Å². The number of halogens is 1. The number of nitrogens with one attached hydrogen (secondary N) is 2. The number of ether oxygens (including phenoxy) is 1.